The van der Waals surface area contributed by atoms with Crippen LogP contribution in [0.1, 0.15) is 17.0 Å². The summed E-state index contributed by atoms with van der Waals surface area (Å²) in [5.74, 6) is 1.79. The van der Waals surface area contributed by atoms with E-state index in [-0.39, 0.29) is 12.4 Å². The minimum absolute atomic E-state index is 0.179. The molecule has 31 heavy (non-hydrogen) atoms. The molecule has 1 aliphatic rings. The summed E-state index contributed by atoms with van der Waals surface area (Å²) < 4.78 is 49.7. The summed E-state index contributed by atoms with van der Waals surface area (Å²) >= 11 is 0. The Morgan fingerprint density at radius 1 is 0.935 bits per heavy atom. The van der Waals surface area contributed by atoms with E-state index in [1.807, 2.05) is 12.1 Å². The van der Waals surface area contributed by atoms with Gasteiger partial charge in [0.15, 0.2) is 11.5 Å². The number of H-pyrrole nitrogens is 1. The highest BCUT2D eigenvalue weighted by Gasteiger charge is 2.30. The maximum Gasteiger partial charge on any atom is 0.416 e. The van der Waals surface area contributed by atoms with E-state index < -0.39 is 11.7 Å². The van der Waals surface area contributed by atoms with Crippen LogP contribution in [0.2, 0.25) is 0 Å². The van der Waals surface area contributed by atoms with E-state index in [0.717, 1.165) is 17.7 Å². The highest BCUT2D eigenvalue weighted by Crippen LogP contribution is 2.34. The molecule has 5 rings (SSSR count). The number of aromatic amines is 1. The van der Waals surface area contributed by atoms with Crippen molar-refractivity contribution in [2.75, 3.05) is 6.79 Å². The molecule has 8 heteroatoms. The van der Waals surface area contributed by atoms with Crippen LogP contribution in [0.4, 0.5) is 13.2 Å². The zero-order valence-corrected chi connectivity index (χ0v) is 16.0. The van der Waals surface area contributed by atoms with Crippen molar-refractivity contribution in [2.24, 2.45) is 0 Å². The van der Waals surface area contributed by atoms with Crippen LogP contribution in [-0.4, -0.2) is 16.8 Å². The Kier molecular flexibility index (Phi) is 4.43. The Morgan fingerprint density at radius 3 is 2.58 bits per heavy atom. The molecule has 3 aromatic carbocycles. The van der Waals surface area contributed by atoms with Crippen molar-refractivity contribution in [3.63, 3.8) is 0 Å². The Labute approximate surface area is 174 Å². The molecule has 0 aliphatic carbocycles. The summed E-state index contributed by atoms with van der Waals surface area (Å²) in [6.07, 6.45) is -4.05. The van der Waals surface area contributed by atoms with Gasteiger partial charge in [0, 0.05) is 6.42 Å². The Morgan fingerprint density at radius 2 is 1.74 bits per heavy atom. The van der Waals surface area contributed by atoms with E-state index in [2.05, 4.69) is 9.97 Å². The van der Waals surface area contributed by atoms with Crippen molar-refractivity contribution in [1.82, 2.24) is 9.97 Å². The number of fused-ring (bicyclic) bond motifs is 2. The minimum atomic E-state index is -4.44. The molecule has 2 heterocycles. The third kappa shape index (κ3) is 3.72. The molecule has 0 unspecified atom stereocenters. The molecule has 4 aromatic rings. The maximum atomic E-state index is 13.0. The van der Waals surface area contributed by atoms with Gasteiger partial charge in [-0.2, -0.15) is 13.2 Å². The average Bonchev–Trinajstić information content (AvgIpc) is 3.21. The van der Waals surface area contributed by atoms with Crippen LogP contribution in [0, 0.1) is 0 Å². The summed E-state index contributed by atoms with van der Waals surface area (Å²) in [7, 11) is 0. The van der Waals surface area contributed by atoms with Gasteiger partial charge in [0.05, 0.1) is 16.5 Å². The Hall–Kier alpha value is -3.81. The van der Waals surface area contributed by atoms with Crippen molar-refractivity contribution in [2.45, 2.75) is 12.6 Å². The maximum absolute atomic E-state index is 13.0. The number of halogens is 3. The van der Waals surface area contributed by atoms with Crippen molar-refractivity contribution in [3.8, 4) is 22.6 Å². The lowest BCUT2D eigenvalue weighted by molar-refractivity contribution is -0.137. The van der Waals surface area contributed by atoms with Gasteiger partial charge in [-0.15, -0.1) is 0 Å². The standard InChI is InChI=1S/C23H15F3N2O3/c24-23(25,26)16-3-1-2-14(10-16)15-5-6-18-17(11-15)22(29)28-21(27-18)9-13-4-7-19-20(8-13)31-12-30-19/h1-8,10-11H,9,12H2,(H,27,28,29). The zero-order chi connectivity index (χ0) is 21.6. The molecule has 0 bridgehead atoms. The molecule has 0 amide bonds. The molecule has 1 aromatic heterocycles. The van der Waals surface area contributed by atoms with Gasteiger partial charge in [0.25, 0.3) is 5.56 Å². The number of benzene rings is 3. The van der Waals surface area contributed by atoms with Crippen LogP contribution in [-0.2, 0) is 12.6 Å². The third-order valence-corrected chi connectivity index (χ3v) is 5.09. The molecule has 0 atom stereocenters. The molecule has 0 fully saturated rings. The second kappa shape index (κ2) is 7.16. The first-order chi connectivity index (χ1) is 14.9. The first-order valence-electron chi connectivity index (χ1n) is 9.46. The van der Waals surface area contributed by atoms with E-state index in [9.17, 15) is 18.0 Å². The SMILES string of the molecule is O=c1[nH]c(Cc2ccc3c(c2)OCO3)nc2ccc(-c3cccc(C(F)(F)F)c3)cc12. The Balaban J connectivity index is 1.49. The molecule has 0 radical (unpaired) electrons. The van der Waals surface area contributed by atoms with E-state index >= 15 is 0 Å². The number of ether oxygens (including phenoxy) is 2. The fraction of sp³-hybridized carbons (Fsp3) is 0.130. The summed E-state index contributed by atoms with van der Waals surface area (Å²) in [5, 5.41) is 0.310. The largest absolute Gasteiger partial charge is 0.454 e. The number of aromatic nitrogens is 2. The first-order valence-corrected chi connectivity index (χ1v) is 9.46. The molecule has 1 aliphatic heterocycles. The van der Waals surface area contributed by atoms with Gasteiger partial charge < -0.3 is 14.5 Å². The minimum Gasteiger partial charge on any atom is -0.454 e. The molecule has 1 N–H and O–H groups in total. The van der Waals surface area contributed by atoms with Crippen molar-refractivity contribution >= 4 is 10.9 Å². The van der Waals surface area contributed by atoms with Crippen molar-refractivity contribution in [1.29, 1.82) is 0 Å². The normalized spacial score (nSPS) is 13.0. The molecule has 5 nitrogen and oxygen atoms in total. The highest BCUT2D eigenvalue weighted by atomic mass is 19.4. The van der Waals surface area contributed by atoms with Crippen LogP contribution in [0.5, 0.6) is 11.5 Å². The lowest BCUT2D eigenvalue weighted by atomic mass is 10.0. The average molecular weight is 424 g/mol. The number of hydrogen-bond donors (Lipinski definition) is 1. The van der Waals surface area contributed by atoms with Crippen LogP contribution in [0.15, 0.2) is 65.5 Å². The van der Waals surface area contributed by atoms with Gasteiger partial charge in [-0.25, -0.2) is 4.98 Å². The summed E-state index contributed by atoms with van der Waals surface area (Å²) in [6.45, 7) is 0.179. The van der Waals surface area contributed by atoms with E-state index in [1.54, 1.807) is 30.3 Å². The van der Waals surface area contributed by atoms with E-state index in [0.29, 0.717) is 45.8 Å². The van der Waals surface area contributed by atoms with Gasteiger partial charge >= 0.3 is 6.18 Å². The molecule has 0 saturated carbocycles. The zero-order valence-electron chi connectivity index (χ0n) is 16.0. The fourth-order valence-electron chi connectivity index (χ4n) is 3.57. The lowest BCUT2D eigenvalue weighted by Crippen LogP contribution is -2.12. The predicted octanol–water partition coefficient (Wildman–Crippen LogP) is 4.93. The number of hydrogen-bond acceptors (Lipinski definition) is 4. The number of nitrogens with zero attached hydrogens (tertiary/aromatic N) is 1. The fourth-order valence-corrected chi connectivity index (χ4v) is 3.57. The molecular weight excluding hydrogens is 409 g/mol. The molecule has 0 spiro atoms. The molecular formula is C23H15F3N2O3. The number of nitrogens with one attached hydrogen (secondary N) is 1. The highest BCUT2D eigenvalue weighted by molar-refractivity contribution is 5.83. The second-order valence-electron chi connectivity index (χ2n) is 7.19. The van der Waals surface area contributed by atoms with Crippen molar-refractivity contribution < 1.29 is 22.6 Å². The van der Waals surface area contributed by atoms with Crippen molar-refractivity contribution in [3.05, 3.63) is 88.0 Å². The van der Waals surface area contributed by atoms with E-state index in [1.165, 1.54) is 6.07 Å². The van der Waals surface area contributed by atoms with E-state index in [4.69, 9.17) is 9.47 Å². The van der Waals surface area contributed by atoms with Gasteiger partial charge in [0.1, 0.15) is 5.82 Å². The van der Waals surface area contributed by atoms with Crippen LogP contribution >= 0.6 is 0 Å². The third-order valence-electron chi connectivity index (χ3n) is 5.09. The quantitative estimate of drug-likeness (QED) is 0.507. The second-order valence-corrected chi connectivity index (χ2v) is 7.19. The van der Waals surface area contributed by atoms with Gasteiger partial charge in [0.2, 0.25) is 6.79 Å². The van der Waals surface area contributed by atoms with Gasteiger partial charge in [-0.1, -0.05) is 24.3 Å². The number of alkyl halides is 3. The molecule has 0 saturated heterocycles. The first kappa shape index (κ1) is 19.2. The predicted molar refractivity (Wildman–Crippen MR) is 108 cm³/mol. The summed E-state index contributed by atoms with van der Waals surface area (Å²) in [4.78, 5) is 19.9. The smallest absolute Gasteiger partial charge is 0.416 e. The molecule has 156 valence electrons. The van der Waals surface area contributed by atoms with Gasteiger partial charge in [-0.3, -0.25) is 4.79 Å². The number of rotatable bonds is 3. The summed E-state index contributed by atoms with van der Waals surface area (Å²) in [5.41, 5.74) is 1.16. The topological polar surface area (TPSA) is 64.2 Å². The Bertz CT molecular complexity index is 1360. The van der Waals surface area contributed by atoms with Crippen LogP contribution in [0.3, 0.4) is 0 Å². The summed E-state index contributed by atoms with van der Waals surface area (Å²) in [6, 6.07) is 15.4. The van der Waals surface area contributed by atoms with Gasteiger partial charge in [-0.05, 0) is 53.1 Å². The van der Waals surface area contributed by atoms with Crippen LogP contribution in [0.25, 0.3) is 22.0 Å². The monoisotopic (exact) mass is 424 g/mol. The lowest BCUT2D eigenvalue weighted by Gasteiger charge is -2.10. The van der Waals surface area contributed by atoms with Crippen LogP contribution < -0.4 is 15.0 Å².